The topological polar surface area (TPSA) is 33.1 Å². The van der Waals surface area contributed by atoms with Crippen molar-refractivity contribution in [2.24, 2.45) is 0 Å². The van der Waals surface area contributed by atoms with Crippen LogP contribution in [-0.4, -0.2) is 10.1 Å². The summed E-state index contributed by atoms with van der Waals surface area (Å²) in [6.07, 6.45) is 4.33. The molecule has 1 aromatic carbocycles. The minimum absolute atomic E-state index is 0.548. The maximum atomic E-state index is 11.0. The number of nitrogens with zero attached hydrogens (tertiary/aromatic N) is 1. The van der Waals surface area contributed by atoms with Gasteiger partial charge in [-0.15, -0.1) is 11.3 Å². The van der Waals surface area contributed by atoms with E-state index in [1.165, 1.54) is 16.9 Å². The molecule has 1 atom stereocenters. The molecule has 94 valence electrons. The maximum absolute atomic E-state index is 11.0. The molecule has 0 bridgehead atoms. The van der Waals surface area contributed by atoms with E-state index in [-0.39, 0.29) is 0 Å². The Labute approximate surface area is 112 Å². The number of hydrogen-bond donors (Lipinski definition) is 1. The molecule has 3 heteroatoms. The number of thiazole rings is 1. The SMILES string of the molecule is CC(C)=CCC(O)(c1ccccc1)c1nccs1. The van der Waals surface area contributed by atoms with Crippen LogP contribution in [0.2, 0.25) is 0 Å². The van der Waals surface area contributed by atoms with Crippen LogP contribution in [0.25, 0.3) is 0 Å². The van der Waals surface area contributed by atoms with Crippen molar-refractivity contribution in [3.63, 3.8) is 0 Å². The first-order chi connectivity index (χ1) is 8.63. The smallest absolute Gasteiger partial charge is 0.144 e. The molecule has 1 unspecified atom stereocenters. The summed E-state index contributed by atoms with van der Waals surface area (Å²) >= 11 is 1.49. The molecular weight excluding hydrogens is 242 g/mol. The third kappa shape index (κ3) is 2.68. The summed E-state index contributed by atoms with van der Waals surface area (Å²) in [6.45, 7) is 4.07. The van der Waals surface area contributed by atoms with E-state index in [2.05, 4.69) is 11.1 Å². The molecule has 2 aromatic rings. The molecule has 2 rings (SSSR count). The lowest BCUT2D eigenvalue weighted by Crippen LogP contribution is -2.26. The number of aromatic nitrogens is 1. The van der Waals surface area contributed by atoms with Crippen LogP contribution in [0.5, 0.6) is 0 Å². The fraction of sp³-hybridized carbons (Fsp3) is 0.267. The second-order valence-electron chi connectivity index (χ2n) is 4.55. The monoisotopic (exact) mass is 259 g/mol. The van der Waals surface area contributed by atoms with Crippen molar-refractivity contribution in [1.29, 1.82) is 0 Å². The van der Waals surface area contributed by atoms with Crippen LogP contribution < -0.4 is 0 Å². The lowest BCUT2D eigenvalue weighted by Gasteiger charge is -2.25. The number of aliphatic hydroxyl groups is 1. The Morgan fingerprint density at radius 1 is 1.33 bits per heavy atom. The summed E-state index contributed by atoms with van der Waals surface area (Å²) in [7, 11) is 0. The van der Waals surface area contributed by atoms with Gasteiger partial charge in [0.15, 0.2) is 0 Å². The van der Waals surface area contributed by atoms with Gasteiger partial charge >= 0.3 is 0 Å². The van der Waals surface area contributed by atoms with Gasteiger partial charge in [-0.3, -0.25) is 0 Å². The van der Waals surface area contributed by atoms with Crippen molar-refractivity contribution < 1.29 is 5.11 Å². The first kappa shape index (κ1) is 13.0. The maximum Gasteiger partial charge on any atom is 0.144 e. The first-order valence-electron chi connectivity index (χ1n) is 5.94. The molecule has 1 N–H and O–H groups in total. The van der Waals surface area contributed by atoms with Crippen molar-refractivity contribution in [2.45, 2.75) is 25.9 Å². The van der Waals surface area contributed by atoms with E-state index < -0.39 is 5.60 Å². The van der Waals surface area contributed by atoms with Crippen molar-refractivity contribution in [3.05, 3.63) is 64.1 Å². The molecule has 0 fully saturated rings. The average molecular weight is 259 g/mol. The van der Waals surface area contributed by atoms with Gasteiger partial charge in [0, 0.05) is 18.0 Å². The van der Waals surface area contributed by atoms with Crippen LogP contribution in [0.3, 0.4) is 0 Å². The van der Waals surface area contributed by atoms with Crippen LogP contribution >= 0.6 is 11.3 Å². The van der Waals surface area contributed by atoms with Gasteiger partial charge in [0.05, 0.1) is 0 Å². The van der Waals surface area contributed by atoms with Crippen LogP contribution in [0, 0.1) is 0 Å². The van der Waals surface area contributed by atoms with Gasteiger partial charge in [0.1, 0.15) is 10.6 Å². The minimum Gasteiger partial charge on any atom is -0.378 e. The molecule has 18 heavy (non-hydrogen) atoms. The molecule has 0 aliphatic heterocycles. The van der Waals surface area contributed by atoms with Gasteiger partial charge in [-0.05, 0) is 19.4 Å². The van der Waals surface area contributed by atoms with Crippen molar-refractivity contribution in [1.82, 2.24) is 4.98 Å². The third-order valence-corrected chi connectivity index (χ3v) is 3.77. The van der Waals surface area contributed by atoms with Crippen LogP contribution in [0.1, 0.15) is 30.8 Å². The van der Waals surface area contributed by atoms with Crippen LogP contribution in [0.15, 0.2) is 53.6 Å². The first-order valence-corrected chi connectivity index (χ1v) is 6.82. The van der Waals surface area contributed by atoms with Crippen LogP contribution in [-0.2, 0) is 5.60 Å². The molecule has 1 aromatic heterocycles. The van der Waals surface area contributed by atoms with Gasteiger partial charge in [-0.25, -0.2) is 4.98 Å². The van der Waals surface area contributed by atoms with E-state index >= 15 is 0 Å². The number of hydrogen-bond acceptors (Lipinski definition) is 3. The zero-order chi connectivity index (χ0) is 13.0. The zero-order valence-electron chi connectivity index (χ0n) is 10.6. The predicted molar refractivity (Wildman–Crippen MR) is 75.6 cm³/mol. The van der Waals surface area contributed by atoms with Gasteiger partial charge in [0.25, 0.3) is 0 Å². The van der Waals surface area contributed by atoms with Crippen molar-refractivity contribution >= 4 is 11.3 Å². The predicted octanol–water partition coefficient (Wildman–Crippen LogP) is 3.74. The molecule has 2 nitrogen and oxygen atoms in total. The van der Waals surface area contributed by atoms with Crippen LogP contribution in [0.4, 0.5) is 0 Å². The van der Waals surface area contributed by atoms with E-state index in [0.717, 1.165) is 10.6 Å². The molecule has 1 heterocycles. The Morgan fingerprint density at radius 2 is 2.06 bits per heavy atom. The van der Waals surface area contributed by atoms with Gasteiger partial charge in [0.2, 0.25) is 0 Å². The summed E-state index contributed by atoms with van der Waals surface area (Å²) in [5, 5.41) is 13.6. The molecule has 0 saturated heterocycles. The third-order valence-electron chi connectivity index (χ3n) is 2.84. The van der Waals surface area contributed by atoms with Gasteiger partial charge in [-0.2, -0.15) is 0 Å². The van der Waals surface area contributed by atoms with E-state index in [1.807, 2.05) is 49.6 Å². The molecular formula is C15H17NOS. The number of rotatable bonds is 4. The lowest BCUT2D eigenvalue weighted by molar-refractivity contribution is 0.0836. The summed E-state index contributed by atoms with van der Waals surface area (Å²) in [6, 6.07) is 9.72. The molecule has 0 aliphatic carbocycles. The molecule has 0 radical (unpaired) electrons. The Bertz CT molecular complexity index is 515. The summed E-state index contributed by atoms with van der Waals surface area (Å²) < 4.78 is 0. The van der Waals surface area contributed by atoms with E-state index in [9.17, 15) is 5.11 Å². The average Bonchev–Trinajstić information content (AvgIpc) is 2.91. The number of benzene rings is 1. The van der Waals surface area contributed by atoms with Gasteiger partial charge in [-0.1, -0.05) is 42.0 Å². The summed E-state index contributed by atoms with van der Waals surface area (Å²) in [5.74, 6) is 0. The number of allylic oxidation sites excluding steroid dienone is 1. The second-order valence-corrected chi connectivity index (χ2v) is 5.44. The van der Waals surface area contributed by atoms with E-state index in [4.69, 9.17) is 0 Å². The highest BCUT2D eigenvalue weighted by Gasteiger charge is 2.32. The summed E-state index contributed by atoms with van der Waals surface area (Å²) in [4.78, 5) is 4.28. The highest BCUT2D eigenvalue weighted by Crippen LogP contribution is 2.34. The normalized spacial score (nSPS) is 13.9. The fourth-order valence-electron chi connectivity index (χ4n) is 1.82. The van der Waals surface area contributed by atoms with E-state index in [1.54, 1.807) is 6.20 Å². The Morgan fingerprint density at radius 3 is 2.61 bits per heavy atom. The van der Waals surface area contributed by atoms with Crippen molar-refractivity contribution in [2.75, 3.05) is 0 Å². The molecule has 0 spiro atoms. The molecule has 0 saturated carbocycles. The quantitative estimate of drug-likeness (QED) is 0.849. The largest absolute Gasteiger partial charge is 0.378 e. The fourth-order valence-corrected chi connectivity index (χ4v) is 2.59. The van der Waals surface area contributed by atoms with E-state index in [0.29, 0.717) is 6.42 Å². The Kier molecular flexibility index (Phi) is 3.94. The Balaban J connectivity index is 2.44. The van der Waals surface area contributed by atoms with Gasteiger partial charge < -0.3 is 5.11 Å². The lowest BCUT2D eigenvalue weighted by atomic mass is 9.90. The highest BCUT2D eigenvalue weighted by molar-refractivity contribution is 7.09. The van der Waals surface area contributed by atoms with Crippen molar-refractivity contribution in [3.8, 4) is 0 Å². The Hall–Kier alpha value is -1.45. The highest BCUT2D eigenvalue weighted by atomic mass is 32.1. The second kappa shape index (κ2) is 5.46. The molecule has 0 amide bonds. The standard InChI is InChI=1S/C15H17NOS/c1-12(2)8-9-15(17,14-16-10-11-18-14)13-6-4-3-5-7-13/h3-8,10-11,17H,9H2,1-2H3. The minimum atomic E-state index is -1.02. The summed E-state index contributed by atoms with van der Waals surface area (Å²) in [5.41, 5.74) is 1.06. The zero-order valence-corrected chi connectivity index (χ0v) is 11.4. The molecule has 0 aliphatic rings.